The molecule has 0 aliphatic rings. The predicted molar refractivity (Wildman–Crippen MR) is 51.3 cm³/mol. The van der Waals surface area contributed by atoms with E-state index in [1.807, 2.05) is 0 Å². The summed E-state index contributed by atoms with van der Waals surface area (Å²) < 4.78 is 17.6. The summed E-state index contributed by atoms with van der Waals surface area (Å²) in [5.41, 5.74) is 0.281. The molecular weight excluding hydrogens is 223 g/mol. The SMILES string of the molecule is O=c1[nH]c(Cc2c(F)cccc2Cl)no1. The number of H-pyrrole nitrogens is 1. The molecule has 1 aromatic carbocycles. The lowest BCUT2D eigenvalue weighted by Gasteiger charge is -2.01. The average molecular weight is 229 g/mol. The smallest absolute Gasteiger partial charge is 0.296 e. The molecule has 0 saturated carbocycles. The summed E-state index contributed by atoms with van der Waals surface area (Å²) in [4.78, 5) is 13.0. The number of halogens is 2. The van der Waals surface area contributed by atoms with E-state index in [0.717, 1.165) is 0 Å². The Balaban J connectivity index is 2.35. The maximum atomic E-state index is 13.3. The minimum atomic E-state index is -0.669. The number of hydrogen-bond donors (Lipinski definition) is 1. The number of rotatable bonds is 2. The molecule has 2 aromatic rings. The van der Waals surface area contributed by atoms with Crippen LogP contribution in [0.15, 0.2) is 27.5 Å². The molecule has 2 rings (SSSR count). The van der Waals surface area contributed by atoms with Gasteiger partial charge in [0.25, 0.3) is 0 Å². The highest BCUT2D eigenvalue weighted by Crippen LogP contribution is 2.20. The van der Waals surface area contributed by atoms with Crippen molar-refractivity contribution < 1.29 is 8.91 Å². The van der Waals surface area contributed by atoms with Gasteiger partial charge >= 0.3 is 5.76 Å². The van der Waals surface area contributed by atoms with Crippen molar-refractivity contribution >= 4 is 11.6 Å². The number of aromatic amines is 1. The summed E-state index contributed by atoms with van der Waals surface area (Å²) in [5.74, 6) is -0.865. The van der Waals surface area contributed by atoms with Gasteiger partial charge in [-0.05, 0) is 12.1 Å². The third-order valence-corrected chi connectivity index (χ3v) is 2.25. The minimum absolute atomic E-state index is 0.0945. The van der Waals surface area contributed by atoms with Crippen LogP contribution in [-0.2, 0) is 6.42 Å². The second kappa shape index (κ2) is 3.86. The highest BCUT2D eigenvalue weighted by atomic mass is 35.5. The summed E-state index contributed by atoms with van der Waals surface area (Å²) in [7, 11) is 0. The van der Waals surface area contributed by atoms with Crippen molar-refractivity contribution in [2.45, 2.75) is 6.42 Å². The van der Waals surface area contributed by atoms with Gasteiger partial charge in [-0.3, -0.25) is 9.51 Å². The van der Waals surface area contributed by atoms with Gasteiger partial charge in [0.1, 0.15) is 5.82 Å². The normalized spacial score (nSPS) is 10.5. The Morgan fingerprint density at radius 3 is 2.93 bits per heavy atom. The summed E-state index contributed by atoms with van der Waals surface area (Å²) in [6, 6.07) is 4.37. The molecule has 0 unspecified atom stereocenters. The fourth-order valence-electron chi connectivity index (χ4n) is 1.21. The van der Waals surface area contributed by atoms with E-state index in [9.17, 15) is 9.18 Å². The zero-order chi connectivity index (χ0) is 10.8. The third-order valence-electron chi connectivity index (χ3n) is 1.89. The Hall–Kier alpha value is -1.62. The maximum absolute atomic E-state index is 13.3. The Labute approximate surface area is 88.7 Å². The molecule has 0 bridgehead atoms. The molecule has 0 fully saturated rings. The van der Waals surface area contributed by atoms with Crippen LogP contribution in [0.1, 0.15) is 11.4 Å². The number of nitrogens with zero attached hydrogens (tertiary/aromatic N) is 1. The number of hydrogen-bond acceptors (Lipinski definition) is 3. The van der Waals surface area contributed by atoms with E-state index in [1.54, 1.807) is 6.07 Å². The molecule has 6 heteroatoms. The monoisotopic (exact) mass is 228 g/mol. The van der Waals surface area contributed by atoms with Crippen LogP contribution >= 0.6 is 11.6 Å². The average Bonchev–Trinajstić information content (AvgIpc) is 2.58. The van der Waals surface area contributed by atoms with Crippen LogP contribution in [-0.4, -0.2) is 10.1 Å². The molecule has 78 valence electrons. The predicted octanol–water partition coefficient (Wildman–Crippen LogP) is 1.75. The van der Waals surface area contributed by atoms with Gasteiger partial charge < -0.3 is 0 Å². The molecule has 4 nitrogen and oxygen atoms in total. The minimum Gasteiger partial charge on any atom is -0.296 e. The number of aromatic nitrogens is 2. The molecule has 15 heavy (non-hydrogen) atoms. The summed E-state index contributed by atoms with van der Waals surface area (Å²) in [6.07, 6.45) is 0.0945. The maximum Gasteiger partial charge on any atom is 0.438 e. The van der Waals surface area contributed by atoms with Gasteiger partial charge in [-0.15, -0.1) is 0 Å². The van der Waals surface area contributed by atoms with Crippen molar-refractivity contribution in [2.24, 2.45) is 0 Å². The first-order valence-corrected chi connectivity index (χ1v) is 4.52. The lowest BCUT2D eigenvalue weighted by Crippen LogP contribution is -2.00. The Bertz CT molecular complexity index is 515. The van der Waals surface area contributed by atoms with Crippen molar-refractivity contribution in [1.29, 1.82) is 0 Å². The van der Waals surface area contributed by atoms with Crippen molar-refractivity contribution in [2.75, 3.05) is 0 Å². The van der Waals surface area contributed by atoms with Crippen LogP contribution in [0.2, 0.25) is 5.02 Å². The van der Waals surface area contributed by atoms with Crippen LogP contribution < -0.4 is 5.76 Å². The summed E-state index contributed by atoms with van der Waals surface area (Å²) >= 11 is 5.80. The van der Waals surface area contributed by atoms with Crippen LogP contribution in [0.5, 0.6) is 0 Å². The van der Waals surface area contributed by atoms with Crippen LogP contribution in [0.4, 0.5) is 4.39 Å². The van der Waals surface area contributed by atoms with Crippen molar-refractivity contribution in [3.63, 3.8) is 0 Å². The van der Waals surface area contributed by atoms with Gasteiger partial charge in [0, 0.05) is 17.0 Å². The van der Waals surface area contributed by atoms with E-state index >= 15 is 0 Å². The molecule has 1 heterocycles. The summed E-state index contributed by atoms with van der Waals surface area (Å²) in [5, 5.41) is 3.72. The fraction of sp³-hybridized carbons (Fsp3) is 0.111. The number of nitrogens with one attached hydrogen (secondary N) is 1. The Morgan fingerprint density at radius 2 is 2.33 bits per heavy atom. The molecule has 1 N–H and O–H groups in total. The lowest BCUT2D eigenvalue weighted by atomic mass is 10.1. The van der Waals surface area contributed by atoms with Gasteiger partial charge in [0.05, 0.1) is 0 Å². The molecule has 0 aliphatic heterocycles. The Morgan fingerprint density at radius 1 is 1.53 bits per heavy atom. The first kappa shape index (κ1) is 9.92. The molecule has 0 radical (unpaired) electrons. The largest absolute Gasteiger partial charge is 0.438 e. The van der Waals surface area contributed by atoms with Gasteiger partial charge in [0.2, 0.25) is 0 Å². The lowest BCUT2D eigenvalue weighted by molar-refractivity contribution is 0.382. The van der Waals surface area contributed by atoms with Gasteiger partial charge in [-0.1, -0.05) is 22.8 Å². The van der Waals surface area contributed by atoms with Crippen molar-refractivity contribution in [1.82, 2.24) is 10.1 Å². The standard InChI is InChI=1S/C9H6ClFN2O2/c10-6-2-1-3-7(11)5(6)4-8-12-9(14)15-13-8/h1-3H,4H2,(H,12,13,14). The van der Waals surface area contributed by atoms with E-state index in [1.165, 1.54) is 12.1 Å². The molecule has 0 saturated heterocycles. The Kier molecular flexibility index (Phi) is 2.55. The zero-order valence-corrected chi connectivity index (χ0v) is 8.21. The highest BCUT2D eigenvalue weighted by molar-refractivity contribution is 6.31. The molecule has 1 aromatic heterocycles. The van der Waals surface area contributed by atoms with Crippen LogP contribution in [0.25, 0.3) is 0 Å². The van der Waals surface area contributed by atoms with E-state index in [-0.39, 0.29) is 17.8 Å². The molecule has 0 aliphatic carbocycles. The molecule has 0 atom stereocenters. The zero-order valence-electron chi connectivity index (χ0n) is 7.46. The quantitative estimate of drug-likeness (QED) is 0.852. The van der Waals surface area contributed by atoms with Crippen molar-refractivity contribution in [3.8, 4) is 0 Å². The van der Waals surface area contributed by atoms with Gasteiger partial charge in [0.15, 0.2) is 5.82 Å². The first-order valence-electron chi connectivity index (χ1n) is 4.14. The molecule has 0 spiro atoms. The number of benzene rings is 1. The summed E-state index contributed by atoms with van der Waals surface area (Å²) in [6.45, 7) is 0. The van der Waals surface area contributed by atoms with Crippen LogP contribution in [0, 0.1) is 5.82 Å². The van der Waals surface area contributed by atoms with Gasteiger partial charge in [-0.25, -0.2) is 9.18 Å². The van der Waals surface area contributed by atoms with E-state index in [0.29, 0.717) is 5.02 Å². The second-order valence-electron chi connectivity index (χ2n) is 2.92. The molecular formula is C9H6ClFN2O2. The fourth-order valence-corrected chi connectivity index (χ4v) is 1.43. The first-order chi connectivity index (χ1) is 7.16. The van der Waals surface area contributed by atoms with Crippen molar-refractivity contribution in [3.05, 3.63) is 51.0 Å². The third kappa shape index (κ3) is 2.07. The topological polar surface area (TPSA) is 58.9 Å². The van der Waals surface area contributed by atoms with Gasteiger partial charge in [-0.2, -0.15) is 0 Å². The highest BCUT2D eigenvalue weighted by Gasteiger charge is 2.10. The molecule has 0 amide bonds. The van der Waals surface area contributed by atoms with E-state index in [2.05, 4.69) is 14.7 Å². The van der Waals surface area contributed by atoms with E-state index in [4.69, 9.17) is 11.6 Å². The second-order valence-corrected chi connectivity index (χ2v) is 3.33. The van der Waals surface area contributed by atoms with E-state index < -0.39 is 11.6 Å². The van der Waals surface area contributed by atoms with Crippen LogP contribution in [0.3, 0.4) is 0 Å².